The van der Waals surface area contributed by atoms with Crippen LogP contribution in [-0.4, -0.2) is 47.5 Å². The number of carbonyl (C=O) groups is 1. The summed E-state index contributed by atoms with van der Waals surface area (Å²) >= 11 is 0. The Kier molecular flexibility index (Phi) is 3.96. The highest BCUT2D eigenvalue weighted by Gasteiger charge is 2.39. The van der Waals surface area contributed by atoms with E-state index in [1.165, 1.54) is 23.6 Å². The van der Waals surface area contributed by atoms with Gasteiger partial charge in [-0.25, -0.2) is 18.6 Å². The number of likely N-dealkylation sites (tertiary alicyclic amines) is 1. The predicted octanol–water partition coefficient (Wildman–Crippen LogP) is 3.07. The largest absolute Gasteiger partial charge is 0.371 e. The number of hydrogen-bond donors (Lipinski definition) is 0. The molecule has 1 aliphatic carbocycles. The minimum absolute atomic E-state index is 0.0934. The number of hydrazone groups is 1. The third-order valence-corrected chi connectivity index (χ3v) is 4.85. The van der Waals surface area contributed by atoms with Crippen molar-refractivity contribution in [2.75, 3.05) is 13.1 Å². The van der Waals surface area contributed by atoms with E-state index in [-0.39, 0.29) is 12.1 Å². The molecule has 24 heavy (non-hydrogen) atoms. The molecule has 5 nitrogen and oxygen atoms in total. The zero-order valence-corrected chi connectivity index (χ0v) is 13.2. The highest BCUT2D eigenvalue weighted by molar-refractivity contribution is 5.79. The Labute approximate surface area is 138 Å². The SMILES string of the molecule is O=C(N1CC(OC2CCC2)C1)N1N=CC[C@H]1c1cc(F)cc(F)c1. The van der Waals surface area contributed by atoms with Gasteiger partial charge in [0.05, 0.1) is 31.3 Å². The van der Waals surface area contributed by atoms with Crippen LogP contribution >= 0.6 is 0 Å². The minimum atomic E-state index is -0.651. The summed E-state index contributed by atoms with van der Waals surface area (Å²) in [5, 5.41) is 5.41. The van der Waals surface area contributed by atoms with Gasteiger partial charge in [-0.3, -0.25) is 0 Å². The van der Waals surface area contributed by atoms with E-state index in [2.05, 4.69) is 5.10 Å². The molecule has 4 rings (SSSR count). The Morgan fingerprint density at radius 3 is 2.46 bits per heavy atom. The predicted molar refractivity (Wildman–Crippen MR) is 83.5 cm³/mol. The van der Waals surface area contributed by atoms with Crippen molar-refractivity contribution in [1.82, 2.24) is 9.91 Å². The number of halogens is 2. The maximum atomic E-state index is 13.4. The first-order valence-corrected chi connectivity index (χ1v) is 8.32. The van der Waals surface area contributed by atoms with Crippen molar-refractivity contribution in [2.45, 2.75) is 43.9 Å². The maximum Gasteiger partial charge on any atom is 0.341 e. The van der Waals surface area contributed by atoms with Crippen molar-refractivity contribution in [3.63, 3.8) is 0 Å². The average molecular weight is 335 g/mol. The fourth-order valence-electron chi connectivity index (χ4n) is 3.25. The number of ether oxygens (including phenoxy) is 1. The van der Waals surface area contributed by atoms with Crippen LogP contribution in [0.4, 0.5) is 13.6 Å². The van der Waals surface area contributed by atoms with E-state index in [9.17, 15) is 13.6 Å². The molecule has 0 unspecified atom stereocenters. The molecule has 0 aromatic heterocycles. The van der Waals surface area contributed by atoms with Crippen molar-refractivity contribution in [3.05, 3.63) is 35.4 Å². The summed E-state index contributed by atoms with van der Waals surface area (Å²) in [7, 11) is 0. The first-order chi connectivity index (χ1) is 11.6. The lowest BCUT2D eigenvalue weighted by molar-refractivity contribution is -0.105. The Morgan fingerprint density at radius 2 is 1.83 bits per heavy atom. The number of benzene rings is 1. The highest BCUT2D eigenvalue weighted by Crippen LogP contribution is 2.32. The summed E-state index contributed by atoms with van der Waals surface area (Å²) in [5.74, 6) is -1.30. The standard InChI is InChI=1S/C17H19F2N3O2/c18-12-6-11(7-13(19)8-12)16-4-5-20-22(16)17(23)21-9-15(10-21)24-14-2-1-3-14/h5-8,14-16H,1-4,9-10H2/t16-/m0/s1. The number of nitrogens with zero attached hydrogens (tertiary/aromatic N) is 3. The molecule has 1 atom stereocenters. The molecular formula is C17H19F2N3O2. The van der Waals surface area contributed by atoms with Crippen molar-refractivity contribution >= 4 is 12.2 Å². The fraction of sp³-hybridized carbons (Fsp3) is 0.529. The molecule has 1 aromatic carbocycles. The van der Waals surface area contributed by atoms with Crippen LogP contribution in [0.1, 0.15) is 37.3 Å². The van der Waals surface area contributed by atoms with Crippen molar-refractivity contribution in [3.8, 4) is 0 Å². The van der Waals surface area contributed by atoms with Crippen LogP contribution in [-0.2, 0) is 4.74 Å². The third kappa shape index (κ3) is 2.88. The molecule has 2 aliphatic heterocycles. The molecule has 3 aliphatic rings. The smallest absolute Gasteiger partial charge is 0.341 e. The molecular weight excluding hydrogens is 316 g/mol. The topological polar surface area (TPSA) is 45.1 Å². The number of rotatable bonds is 3. The Hall–Kier alpha value is -2.02. The van der Waals surface area contributed by atoms with E-state index in [0.29, 0.717) is 31.2 Å². The van der Waals surface area contributed by atoms with Crippen LogP contribution in [0.5, 0.6) is 0 Å². The molecule has 0 bridgehead atoms. The van der Waals surface area contributed by atoms with E-state index >= 15 is 0 Å². The molecule has 0 spiro atoms. The molecule has 128 valence electrons. The Bertz CT molecular complexity index is 652. The fourth-order valence-corrected chi connectivity index (χ4v) is 3.25. The average Bonchev–Trinajstić information content (AvgIpc) is 2.91. The zero-order chi connectivity index (χ0) is 16.7. The van der Waals surface area contributed by atoms with Gasteiger partial charge < -0.3 is 9.64 Å². The van der Waals surface area contributed by atoms with Gasteiger partial charge in [0, 0.05) is 18.7 Å². The minimum Gasteiger partial charge on any atom is -0.371 e. The second kappa shape index (κ2) is 6.12. The summed E-state index contributed by atoms with van der Waals surface area (Å²) in [6.45, 7) is 1.09. The summed E-state index contributed by atoms with van der Waals surface area (Å²) in [4.78, 5) is 14.3. The zero-order valence-electron chi connectivity index (χ0n) is 13.2. The number of carbonyl (C=O) groups excluding carboxylic acids is 1. The molecule has 2 heterocycles. The Morgan fingerprint density at radius 1 is 1.12 bits per heavy atom. The van der Waals surface area contributed by atoms with Gasteiger partial charge in [0.25, 0.3) is 0 Å². The first kappa shape index (κ1) is 15.5. The summed E-state index contributed by atoms with van der Waals surface area (Å²) < 4.78 is 32.8. The second-order valence-corrected chi connectivity index (χ2v) is 6.60. The molecule has 7 heteroatoms. The Balaban J connectivity index is 1.39. The molecule has 0 N–H and O–H groups in total. The number of amides is 2. The van der Waals surface area contributed by atoms with Crippen molar-refractivity contribution in [1.29, 1.82) is 0 Å². The van der Waals surface area contributed by atoms with E-state index in [1.54, 1.807) is 11.1 Å². The van der Waals surface area contributed by atoms with Crippen LogP contribution < -0.4 is 0 Å². The highest BCUT2D eigenvalue weighted by atomic mass is 19.1. The summed E-state index contributed by atoms with van der Waals surface area (Å²) in [6.07, 6.45) is 5.92. The first-order valence-electron chi connectivity index (χ1n) is 8.32. The lowest BCUT2D eigenvalue weighted by Gasteiger charge is -2.43. The lowest BCUT2D eigenvalue weighted by Crippen LogP contribution is -2.58. The lowest BCUT2D eigenvalue weighted by atomic mass is 9.95. The van der Waals surface area contributed by atoms with E-state index in [4.69, 9.17) is 4.74 Å². The van der Waals surface area contributed by atoms with E-state index < -0.39 is 17.7 Å². The van der Waals surface area contributed by atoms with Gasteiger partial charge in [-0.15, -0.1) is 0 Å². The second-order valence-electron chi connectivity index (χ2n) is 6.60. The maximum absolute atomic E-state index is 13.4. The molecule has 1 aromatic rings. The summed E-state index contributed by atoms with van der Waals surface area (Å²) in [5.41, 5.74) is 0.418. The number of hydrogen-bond acceptors (Lipinski definition) is 3. The van der Waals surface area contributed by atoms with Gasteiger partial charge in [0.2, 0.25) is 0 Å². The van der Waals surface area contributed by atoms with Crippen LogP contribution in [0.25, 0.3) is 0 Å². The van der Waals surface area contributed by atoms with Gasteiger partial charge >= 0.3 is 6.03 Å². The van der Waals surface area contributed by atoms with Gasteiger partial charge in [0.15, 0.2) is 0 Å². The van der Waals surface area contributed by atoms with Crippen LogP contribution in [0.15, 0.2) is 23.3 Å². The van der Waals surface area contributed by atoms with Gasteiger partial charge in [-0.1, -0.05) is 0 Å². The van der Waals surface area contributed by atoms with Gasteiger partial charge in [0.1, 0.15) is 11.6 Å². The van der Waals surface area contributed by atoms with Crippen LogP contribution in [0.2, 0.25) is 0 Å². The monoisotopic (exact) mass is 335 g/mol. The van der Waals surface area contributed by atoms with Crippen molar-refractivity contribution in [2.24, 2.45) is 5.10 Å². The van der Waals surface area contributed by atoms with E-state index in [0.717, 1.165) is 18.9 Å². The van der Waals surface area contributed by atoms with Gasteiger partial charge in [-0.05, 0) is 37.0 Å². The normalized spacial score (nSPS) is 24.2. The summed E-state index contributed by atoms with van der Waals surface area (Å²) in [6, 6.07) is 2.62. The quantitative estimate of drug-likeness (QED) is 0.852. The van der Waals surface area contributed by atoms with Gasteiger partial charge in [-0.2, -0.15) is 5.10 Å². The third-order valence-electron chi connectivity index (χ3n) is 4.85. The number of urea groups is 1. The molecule has 1 saturated carbocycles. The molecule has 1 saturated heterocycles. The van der Waals surface area contributed by atoms with Crippen LogP contribution in [0.3, 0.4) is 0 Å². The van der Waals surface area contributed by atoms with Crippen LogP contribution in [0, 0.1) is 11.6 Å². The molecule has 2 amide bonds. The molecule has 2 fully saturated rings. The van der Waals surface area contributed by atoms with E-state index in [1.807, 2.05) is 0 Å². The van der Waals surface area contributed by atoms with Crippen molar-refractivity contribution < 1.29 is 18.3 Å². The molecule has 0 radical (unpaired) electrons.